The van der Waals surface area contributed by atoms with Crippen LogP contribution in [-0.2, 0) is 4.74 Å². The topological polar surface area (TPSA) is 41.5 Å². The number of hydrogen-bond donors (Lipinski definition) is 2. The van der Waals surface area contributed by atoms with E-state index in [2.05, 4.69) is 17.5 Å². The number of aliphatic hydroxyl groups is 1. The summed E-state index contributed by atoms with van der Waals surface area (Å²) in [4.78, 5) is 0. The molecular weight excluding hydrogens is 190 g/mol. The van der Waals surface area contributed by atoms with Crippen molar-refractivity contribution in [3.05, 3.63) is 12.2 Å². The molecule has 0 saturated carbocycles. The maximum absolute atomic E-state index is 9.41. The first-order valence-corrected chi connectivity index (χ1v) is 5.85. The van der Waals surface area contributed by atoms with Gasteiger partial charge in [0, 0.05) is 7.11 Å². The lowest BCUT2D eigenvalue weighted by molar-refractivity contribution is 0.0593. The second-order valence-corrected chi connectivity index (χ2v) is 4.25. The average molecular weight is 213 g/mol. The van der Waals surface area contributed by atoms with Gasteiger partial charge in [-0.3, -0.25) is 0 Å². The van der Waals surface area contributed by atoms with Gasteiger partial charge in [0.25, 0.3) is 0 Å². The summed E-state index contributed by atoms with van der Waals surface area (Å²) in [5, 5.41) is 12.8. The Hall–Kier alpha value is -0.380. The predicted octanol–water partition coefficient (Wildman–Crippen LogP) is 1.33. The van der Waals surface area contributed by atoms with Gasteiger partial charge >= 0.3 is 0 Å². The van der Waals surface area contributed by atoms with Crippen LogP contribution in [-0.4, -0.2) is 38.0 Å². The van der Waals surface area contributed by atoms with Crippen molar-refractivity contribution in [1.29, 1.82) is 0 Å². The predicted molar refractivity (Wildman–Crippen MR) is 61.9 cm³/mol. The molecule has 1 rings (SSSR count). The van der Waals surface area contributed by atoms with Gasteiger partial charge < -0.3 is 15.2 Å². The van der Waals surface area contributed by atoms with Crippen LogP contribution in [0.2, 0.25) is 0 Å². The van der Waals surface area contributed by atoms with E-state index in [-0.39, 0.29) is 6.10 Å². The molecular formula is C12H23NO2. The standard InChI is InChI=1S/C12H23NO2/c1-15-10-12(14)7-8-13-9-11-5-3-2-4-6-11/h2-3,11-14H,4-10H2,1H3. The summed E-state index contributed by atoms with van der Waals surface area (Å²) in [6.07, 6.45) is 8.70. The molecule has 88 valence electrons. The van der Waals surface area contributed by atoms with Crippen molar-refractivity contribution in [1.82, 2.24) is 5.32 Å². The lowest BCUT2D eigenvalue weighted by Gasteiger charge is -2.18. The van der Waals surface area contributed by atoms with Crippen LogP contribution in [0.25, 0.3) is 0 Å². The number of ether oxygens (including phenoxy) is 1. The molecule has 3 heteroatoms. The van der Waals surface area contributed by atoms with Crippen molar-refractivity contribution in [2.24, 2.45) is 5.92 Å². The van der Waals surface area contributed by atoms with Gasteiger partial charge in [-0.05, 0) is 44.7 Å². The van der Waals surface area contributed by atoms with Crippen molar-refractivity contribution < 1.29 is 9.84 Å². The number of methoxy groups -OCH3 is 1. The van der Waals surface area contributed by atoms with Crippen molar-refractivity contribution >= 4 is 0 Å². The van der Waals surface area contributed by atoms with E-state index >= 15 is 0 Å². The van der Waals surface area contributed by atoms with Crippen LogP contribution in [0.1, 0.15) is 25.7 Å². The number of aliphatic hydroxyl groups excluding tert-OH is 1. The molecule has 0 bridgehead atoms. The molecule has 2 unspecified atom stereocenters. The largest absolute Gasteiger partial charge is 0.391 e. The first-order chi connectivity index (χ1) is 7.33. The van der Waals surface area contributed by atoms with Crippen molar-refractivity contribution in [3.8, 4) is 0 Å². The van der Waals surface area contributed by atoms with Crippen molar-refractivity contribution in [3.63, 3.8) is 0 Å². The van der Waals surface area contributed by atoms with Crippen LogP contribution in [0.5, 0.6) is 0 Å². The molecule has 0 saturated heterocycles. The Morgan fingerprint density at radius 3 is 3.07 bits per heavy atom. The molecule has 0 aromatic heterocycles. The van der Waals surface area contributed by atoms with Gasteiger partial charge in [-0.1, -0.05) is 12.2 Å². The van der Waals surface area contributed by atoms with E-state index in [1.54, 1.807) is 7.11 Å². The lowest BCUT2D eigenvalue weighted by Crippen LogP contribution is -2.28. The molecule has 0 amide bonds. The van der Waals surface area contributed by atoms with Gasteiger partial charge in [0.1, 0.15) is 0 Å². The van der Waals surface area contributed by atoms with Crippen LogP contribution in [0.3, 0.4) is 0 Å². The Bertz CT molecular complexity index is 182. The quantitative estimate of drug-likeness (QED) is 0.495. The number of hydrogen-bond acceptors (Lipinski definition) is 3. The molecule has 0 spiro atoms. The Labute approximate surface area is 92.5 Å². The SMILES string of the molecule is COCC(O)CCNCC1CC=CCC1. The second-order valence-electron chi connectivity index (χ2n) is 4.25. The van der Waals surface area contributed by atoms with Gasteiger partial charge in [-0.25, -0.2) is 0 Å². The van der Waals surface area contributed by atoms with Gasteiger partial charge in [-0.2, -0.15) is 0 Å². The summed E-state index contributed by atoms with van der Waals surface area (Å²) in [6, 6.07) is 0. The van der Waals surface area contributed by atoms with Crippen molar-refractivity contribution in [2.75, 3.05) is 26.8 Å². The summed E-state index contributed by atoms with van der Waals surface area (Å²) in [5.41, 5.74) is 0. The molecule has 0 heterocycles. The normalized spacial score (nSPS) is 22.9. The average Bonchev–Trinajstić information content (AvgIpc) is 2.26. The minimum absolute atomic E-state index is 0.325. The van der Waals surface area contributed by atoms with Crippen LogP contribution < -0.4 is 5.32 Å². The molecule has 3 nitrogen and oxygen atoms in total. The highest BCUT2D eigenvalue weighted by atomic mass is 16.5. The minimum atomic E-state index is -0.325. The smallest absolute Gasteiger partial charge is 0.0785 e. The molecule has 0 aliphatic heterocycles. The van der Waals surface area contributed by atoms with E-state index in [4.69, 9.17) is 4.74 Å². The van der Waals surface area contributed by atoms with E-state index in [1.807, 2.05) is 0 Å². The lowest BCUT2D eigenvalue weighted by atomic mass is 9.94. The third-order valence-electron chi connectivity index (χ3n) is 2.82. The summed E-state index contributed by atoms with van der Waals surface area (Å²) >= 11 is 0. The Kier molecular flexibility index (Phi) is 6.64. The highest BCUT2D eigenvalue weighted by Crippen LogP contribution is 2.16. The molecule has 0 aromatic rings. The fraction of sp³-hybridized carbons (Fsp3) is 0.833. The zero-order chi connectivity index (χ0) is 10.9. The Morgan fingerprint density at radius 2 is 2.40 bits per heavy atom. The number of nitrogens with one attached hydrogen (secondary N) is 1. The monoisotopic (exact) mass is 213 g/mol. The van der Waals surface area contributed by atoms with Gasteiger partial charge in [0.15, 0.2) is 0 Å². The van der Waals surface area contributed by atoms with Gasteiger partial charge in [0.05, 0.1) is 12.7 Å². The van der Waals surface area contributed by atoms with Gasteiger partial charge in [-0.15, -0.1) is 0 Å². The minimum Gasteiger partial charge on any atom is -0.391 e. The van der Waals surface area contributed by atoms with Crippen molar-refractivity contribution in [2.45, 2.75) is 31.8 Å². The van der Waals surface area contributed by atoms with E-state index in [0.29, 0.717) is 6.61 Å². The first kappa shape index (κ1) is 12.7. The maximum atomic E-state index is 9.41. The van der Waals surface area contributed by atoms with E-state index < -0.39 is 0 Å². The van der Waals surface area contributed by atoms with Crippen LogP contribution in [0.15, 0.2) is 12.2 Å². The molecule has 0 aromatic carbocycles. The number of allylic oxidation sites excluding steroid dienone is 2. The third-order valence-corrected chi connectivity index (χ3v) is 2.82. The molecule has 2 N–H and O–H groups in total. The Balaban J connectivity index is 1.94. The molecule has 1 aliphatic rings. The summed E-state index contributed by atoms with van der Waals surface area (Å²) in [6.45, 7) is 2.39. The van der Waals surface area contributed by atoms with Crippen LogP contribution >= 0.6 is 0 Å². The highest BCUT2D eigenvalue weighted by molar-refractivity contribution is 4.90. The fourth-order valence-electron chi connectivity index (χ4n) is 1.89. The molecule has 0 radical (unpaired) electrons. The zero-order valence-corrected chi connectivity index (χ0v) is 9.61. The van der Waals surface area contributed by atoms with E-state index in [0.717, 1.165) is 25.4 Å². The summed E-state index contributed by atoms with van der Waals surface area (Å²) in [7, 11) is 1.62. The third kappa shape index (κ3) is 5.92. The molecule has 0 fully saturated rings. The maximum Gasteiger partial charge on any atom is 0.0785 e. The molecule has 2 atom stereocenters. The molecule has 1 aliphatic carbocycles. The Morgan fingerprint density at radius 1 is 1.53 bits per heavy atom. The van der Waals surface area contributed by atoms with E-state index in [1.165, 1.54) is 19.3 Å². The zero-order valence-electron chi connectivity index (χ0n) is 9.61. The summed E-state index contributed by atoms with van der Waals surface area (Å²) < 4.78 is 4.86. The second kappa shape index (κ2) is 7.85. The van der Waals surface area contributed by atoms with E-state index in [9.17, 15) is 5.11 Å². The van der Waals surface area contributed by atoms with Crippen LogP contribution in [0, 0.1) is 5.92 Å². The summed E-state index contributed by atoms with van der Waals surface area (Å²) in [5.74, 6) is 0.787. The van der Waals surface area contributed by atoms with Crippen LogP contribution in [0.4, 0.5) is 0 Å². The van der Waals surface area contributed by atoms with Gasteiger partial charge in [0.2, 0.25) is 0 Å². The fourth-order valence-corrected chi connectivity index (χ4v) is 1.89. The first-order valence-electron chi connectivity index (χ1n) is 5.85. The highest BCUT2D eigenvalue weighted by Gasteiger charge is 2.09. The number of rotatable bonds is 7. The molecule has 15 heavy (non-hydrogen) atoms.